The molecule has 2 aliphatic heterocycles. The molecule has 25 heavy (non-hydrogen) atoms. The maximum atomic E-state index is 10.9. The van der Waals surface area contributed by atoms with Gasteiger partial charge in [0.1, 0.15) is 11.4 Å². The molecular formula is C16H22BN4O2S2+. The lowest BCUT2D eigenvalue weighted by atomic mass is 9.87. The second-order valence-corrected chi connectivity index (χ2v) is 8.87. The number of fused-ring (bicyclic) bond motifs is 3. The lowest BCUT2D eigenvalue weighted by molar-refractivity contribution is -0.798. The second kappa shape index (κ2) is 6.08. The van der Waals surface area contributed by atoms with Gasteiger partial charge in [-0.1, -0.05) is 11.3 Å². The van der Waals surface area contributed by atoms with Gasteiger partial charge in [-0.15, -0.1) is 0 Å². The molecule has 3 heterocycles. The summed E-state index contributed by atoms with van der Waals surface area (Å²) < 4.78 is 7.26. The molecule has 2 saturated heterocycles. The Kier molecular flexibility index (Phi) is 4.14. The molecule has 0 amide bonds. The third-order valence-corrected chi connectivity index (χ3v) is 6.65. The molecule has 3 atom stereocenters. The largest absolute Gasteiger partial charge is 0.497 e. The van der Waals surface area contributed by atoms with Gasteiger partial charge in [0.25, 0.3) is 0 Å². The number of hydrogen-bond donors (Lipinski definition) is 3. The number of nitrogens with zero attached hydrogens (tertiary/aromatic N) is 2. The molecule has 0 spiro atoms. The molecule has 2 fully saturated rings. The highest BCUT2D eigenvalue weighted by Crippen LogP contribution is 2.40. The first-order chi connectivity index (χ1) is 11.9. The first kappa shape index (κ1) is 17.0. The summed E-state index contributed by atoms with van der Waals surface area (Å²) in [5.74, 6) is 1.18. The average molecular weight is 377 g/mol. The van der Waals surface area contributed by atoms with Gasteiger partial charge in [-0.05, 0) is 30.4 Å². The zero-order chi connectivity index (χ0) is 17.7. The first-order valence-corrected chi connectivity index (χ1v) is 9.67. The second-order valence-electron chi connectivity index (χ2n) is 7.43. The van der Waals surface area contributed by atoms with Crippen molar-refractivity contribution >= 4 is 52.0 Å². The monoisotopic (exact) mass is 377 g/mol. The van der Waals surface area contributed by atoms with Gasteiger partial charge in [0.05, 0.1) is 43.5 Å². The quantitative estimate of drug-likeness (QED) is 0.539. The maximum absolute atomic E-state index is 10.9. The Morgan fingerprint density at radius 3 is 3.12 bits per heavy atom. The third kappa shape index (κ3) is 3.21. The fourth-order valence-corrected chi connectivity index (χ4v) is 5.35. The lowest BCUT2D eigenvalue weighted by Gasteiger charge is -2.35. The number of quaternary nitrogens is 1. The molecule has 2 bridgehead atoms. The molecule has 4 rings (SSSR count). The molecular weight excluding hydrogens is 355 g/mol. The smallest absolute Gasteiger partial charge is 0.372 e. The van der Waals surface area contributed by atoms with Crippen LogP contribution in [0.2, 0.25) is 0 Å². The van der Waals surface area contributed by atoms with Gasteiger partial charge >= 0.3 is 7.98 Å². The molecule has 0 radical (unpaired) electrons. The number of ether oxygens (including phenoxy) is 1. The number of aliphatic hydroxyl groups is 1. The third-order valence-electron chi connectivity index (χ3n) is 5.47. The number of methoxy groups -OCH3 is 1. The van der Waals surface area contributed by atoms with E-state index in [-0.39, 0.29) is 0 Å². The summed E-state index contributed by atoms with van der Waals surface area (Å²) in [6, 6.07) is 5.79. The molecule has 3 N–H and O–H groups in total. The predicted molar refractivity (Wildman–Crippen MR) is 107 cm³/mol. The van der Waals surface area contributed by atoms with Crippen molar-refractivity contribution in [3.8, 4) is 5.75 Å². The van der Waals surface area contributed by atoms with Crippen LogP contribution in [0.4, 0.5) is 5.13 Å². The topological polar surface area (TPSA) is 66.4 Å². The van der Waals surface area contributed by atoms with E-state index < -0.39 is 5.60 Å². The summed E-state index contributed by atoms with van der Waals surface area (Å²) in [6.07, 6.45) is 1.09. The first-order valence-electron chi connectivity index (χ1n) is 8.45. The Labute approximate surface area is 157 Å². The molecule has 2 aromatic rings. The molecule has 6 nitrogen and oxygen atoms in total. The maximum Gasteiger partial charge on any atom is 0.372 e. The van der Waals surface area contributed by atoms with E-state index in [0.29, 0.717) is 17.6 Å². The summed E-state index contributed by atoms with van der Waals surface area (Å²) in [4.78, 5) is 4.53. The number of thiazole rings is 1. The number of anilines is 1. The van der Waals surface area contributed by atoms with Crippen LogP contribution < -0.4 is 15.4 Å². The van der Waals surface area contributed by atoms with Crippen LogP contribution in [0.25, 0.3) is 10.2 Å². The highest BCUT2D eigenvalue weighted by molar-refractivity contribution is 7.80. The van der Waals surface area contributed by atoms with Crippen LogP contribution in [-0.4, -0.2) is 66.5 Å². The van der Waals surface area contributed by atoms with Crippen molar-refractivity contribution in [1.29, 1.82) is 0 Å². The standard InChI is InChI=1S/C16H21BN4O2S2/c1-23-11-2-3-12-13(6-11)25-15(19-12)20-14(24)18-8-16(22)9-21(17)5-4-10(16)7-21/h2-3,6,10,22H,4-5,7-9,17H2,1H3,(H-,18,19,20,24)/p+1/t10-,16-,21-/m0/s1. The van der Waals surface area contributed by atoms with Gasteiger partial charge in [0, 0.05) is 12.3 Å². The molecule has 0 unspecified atom stereocenters. The minimum atomic E-state index is -0.667. The summed E-state index contributed by atoms with van der Waals surface area (Å²) in [5, 5.41) is 18.5. The normalized spacial score (nSPS) is 30.6. The summed E-state index contributed by atoms with van der Waals surface area (Å²) >= 11 is 6.92. The van der Waals surface area contributed by atoms with Gasteiger partial charge in [0.2, 0.25) is 0 Å². The summed E-state index contributed by atoms with van der Waals surface area (Å²) in [5.41, 5.74) is 0.243. The van der Waals surface area contributed by atoms with Crippen LogP contribution in [-0.2, 0) is 0 Å². The van der Waals surface area contributed by atoms with Crippen LogP contribution in [0.1, 0.15) is 6.42 Å². The van der Waals surface area contributed by atoms with Gasteiger partial charge in [-0.25, -0.2) is 4.98 Å². The van der Waals surface area contributed by atoms with Crippen LogP contribution >= 0.6 is 23.6 Å². The number of thiocarbonyl (C=S) groups is 1. The lowest BCUT2D eigenvalue weighted by Crippen LogP contribution is -2.55. The Bertz CT molecular complexity index is 832. The minimum Gasteiger partial charge on any atom is -0.497 e. The highest BCUT2D eigenvalue weighted by Gasteiger charge is 2.56. The Morgan fingerprint density at radius 1 is 1.60 bits per heavy atom. The zero-order valence-electron chi connectivity index (χ0n) is 14.4. The molecule has 1 aromatic carbocycles. The van der Waals surface area contributed by atoms with Crippen LogP contribution in [0.3, 0.4) is 0 Å². The fraction of sp³-hybridized carbons (Fsp3) is 0.500. The minimum absolute atomic E-state index is 0.364. The number of rotatable bonds is 4. The van der Waals surface area contributed by atoms with E-state index in [0.717, 1.165) is 45.0 Å². The van der Waals surface area contributed by atoms with Crippen molar-refractivity contribution in [3.05, 3.63) is 18.2 Å². The van der Waals surface area contributed by atoms with Crippen molar-refractivity contribution in [2.75, 3.05) is 38.6 Å². The Balaban J connectivity index is 1.38. The van der Waals surface area contributed by atoms with Crippen LogP contribution in [0, 0.1) is 5.92 Å². The number of nitrogens with one attached hydrogen (secondary N) is 2. The molecule has 0 aliphatic carbocycles. The Morgan fingerprint density at radius 2 is 2.44 bits per heavy atom. The van der Waals surface area contributed by atoms with Gasteiger partial charge < -0.3 is 24.9 Å². The predicted octanol–water partition coefficient (Wildman–Crippen LogP) is 0.721. The molecule has 9 heteroatoms. The Hall–Kier alpha value is -1.42. The van der Waals surface area contributed by atoms with Gasteiger partial charge in [0.15, 0.2) is 10.2 Å². The van der Waals surface area contributed by atoms with E-state index in [9.17, 15) is 5.11 Å². The molecule has 1 aromatic heterocycles. The zero-order valence-corrected chi connectivity index (χ0v) is 16.0. The fourth-order valence-electron chi connectivity index (χ4n) is 4.21. The number of benzene rings is 1. The summed E-state index contributed by atoms with van der Waals surface area (Å²) in [6.45, 7) is 3.52. The molecule has 0 saturated carbocycles. The van der Waals surface area contributed by atoms with Crippen molar-refractivity contribution in [1.82, 2.24) is 10.3 Å². The van der Waals surface area contributed by atoms with Crippen molar-refractivity contribution in [2.45, 2.75) is 12.0 Å². The van der Waals surface area contributed by atoms with E-state index in [1.54, 1.807) is 7.11 Å². The average Bonchev–Trinajstić information content (AvgIpc) is 3.21. The van der Waals surface area contributed by atoms with Crippen molar-refractivity contribution in [3.63, 3.8) is 0 Å². The molecule has 132 valence electrons. The van der Waals surface area contributed by atoms with Gasteiger partial charge in [-0.2, -0.15) is 0 Å². The van der Waals surface area contributed by atoms with Crippen molar-refractivity contribution < 1.29 is 14.2 Å². The van der Waals surface area contributed by atoms with Crippen LogP contribution in [0.5, 0.6) is 5.75 Å². The number of piperidine rings is 1. The highest BCUT2D eigenvalue weighted by atomic mass is 32.1. The SMILES string of the molecule is B[N@@+]12CC[C@@H](C1)[C@](O)(CNC(=S)Nc1nc3ccc(OC)cc3s1)C2. The molecule has 2 aliphatic rings. The van der Waals surface area contributed by atoms with E-state index in [1.807, 2.05) is 18.2 Å². The van der Waals surface area contributed by atoms with Gasteiger partial charge in [-0.3, -0.25) is 0 Å². The van der Waals surface area contributed by atoms with Crippen LogP contribution in [0.15, 0.2) is 18.2 Å². The number of hydrogen-bond acceptors (Lipinski definition) is 5. The van der Waals surface area contributed by atoms with E-state index in [2.05, 4.69) is 23.6 Å². The van der Waals surface area contributed by atoms with E-state index in [1.165, 1.54) is 17.9 Å². The summed E-state index contributed by atoms with van der Waals surface area (Å²) in [7, 11) is 3.88. The van der Waals surface area contributed by atoms with Crippen molar-refractivity contribution in [2.24, 2.45) is 5.92 Å². The van der Waals surface area contributed by atoms with E-state index >= 15 is 0 Å². The number of aromatic nitrogens is 1. The van der Waals surface area contributed by atoms with E-state index in [4.69, 9.17) is 17.0 Å².